The monoisotopic (exact) mass is 246 g/mol. The zero-order valence-corrected chi connectivity index (χ0v) is 9.95. The Bertz CT molecular complexity index is 491. The summed E-state index contributed by atoms with van der Waals surface area (Å²) in [5.74, 6) is -0.272. The van der Waals surface area contributed by atoms with Crippen LogP contribution in [0.1, 0.15) is 17.7 Å². The van der Waals surface area contributed by atoms with E-state index in [0.717, 1.165) is 11.3 Å². The molecule has 1 aromatic heterocycles. The summed E-state index contributed by atoms with van der Waals surface area (Å²) in [6.45, 7) is 0.434. The summed E-state index contributed by atoms with van der Waals surface area (Å²) in [4.78, 5) is 14.6. The normalized spacial score (nSPS) is 10.3. The summed E-state index contributed by atoms with van der Waals surface area (Å²) in [6.07, 6.45) is 2.98. The highest BCUT2D eigenvalue weighted by Crippen LogP contribution is 2.03. The second-order valence-electron chi connectivity index (χ2n) is 4.10. The number of rotatable bonds is 5. The summed E-state index contributed by atoms with van der Waals surface area (Å²) in [5, 5.41) is 2.81. The Morgan fingerprint density at radius 3 is 2.67 bits per heavy atom. The Hall–Kier alpha value is -2.10. The third-order valence-corrected chi connectivity index (χ3v) is 2.69. The smallest absolute Gasteiger partial charge is 0.220 e. The van der Waals surface area contributed by atoms with E-state index < -0.39 is 0 Å². The third kappa shape index (κ3) is 3.73. The van der Waals surface area contributed by atoms with Gasteiger partial charge in [-0.15, -0.1) is 0 Å². The van der Waals surface area contributed by atoms with E-state index in [4.69, 9.17) is 0 Å². The van der Waals surface area contributed by atoms with Gasteiger partial charge in [-0.05, 0) is 36.2 Å². The summed E-state index contributed by atoms with van der Waals surface area (Å²) < 4.78 is 12.7. The van der Waals surface area contributed by atoms with Gasteiger partial charge in [0, 0.05) is 24.9 Å². The Kier molecular flexibility index (Phi) is 4.12. The van der Waals surface area contributed by atoms with E-state index >= 15 is 0 Å². The van der Waals surface area contributed by atoms with Crippen LogP contribution in [0.4, 0.5) is 4.39 Å². The molecule has 94 valence electrons. The van der Waals surface area contributed by atoms with Gasteiger partial charge < -0.3 is 10.3 Å². The van der Waals surface area contributed by atoms with Gasteiger partial charge in [0.2, 0.25) is 5.91 Å². The maximum atomic E-state index is 12.7. The predicted molar refractivity (Wildman–Crippen MR) is 67.4 cm³/mol. The molecule has 1 heterocycles. The molecule has 0 aliphatic heterocycles. The van der Waals surface area contributed by atoms with Crippen LogP contribution < -0.4 is 5.32 Å². The molecule has 4 heteroatoms. The zero-order valence-electron chi connectivity index (χ0n) is 9.95. The molecule has 0 fully saturated rings. The SMILES string of the molecule is O=C(CCc1ccc[nH]1)NCc1ccc(F)cc1. The lowest BCUT2D eigenvalue weighted by Crippen LogP contribution is -2.23. The molecular formula is C14H15FN2O. The maximum Gasteiger partial charge on any atom is 0.220 e. The second-order valence-corrected chi connectivity index (χ2v) is 4.10. The minimum absolute atomic E-state index is 0.00562. The van der Waals surface area contributed by atoms with Gasteiger partial charge in [-0.2, -0.15) is 0 Å². The second kappa shape index (κ2) is 6.00. The Balaban J connectivity index is 1.73. The van der Waals surface area contributed by atoms with Crippen LogP contribution in [-0.4, -0.2) is 10.9 Å². The van der Waals surface area contributed by atoms with E-state index in [9.17, 15) is 9.18 Å². The van der Waals surface area contributed by atoms with Crippen molar-refractivity contribution in [3.8, 4) is 0 Å². The van der Waals surface area contributed by atoms with E-state index in [1.54, 1.807) is 12.1 Å². The molecule has 1 amide bonds. The highest BCUT2D eigenvalue weighted by molar-refractivity contribution is 5.76. The molecule has 2 aromatic rings. The number of nitrogens with one attached hydrogen (secondary N) is 2. The average molecular weight is 246 g/mol. The van der Waals surface area contributed by atoms with Gasteiger partial charge in [-0.3, -0.25) is 4.79 Å². The van der Waals surface area contributed by atoms with Crippen LogP contribution in [-0.2, 0) is 17.8 Å². The number of H-pyrrole nitrogens is 1. The van der Waals surface area contributed by atoms with Crippen molar-refractivity contribution in [2.75, 3.05) is 0 Å². The Labute approximate surface area is 105 Å². The van der Waals surface area contributed by atoms with Gasteiger partial charge in [-0.25, -0.2) is 4.39 Å². The van der Waals surface area contributed by atoms with E-state index in [1.165, 1.54) is 12.1 Å². The molecule has 0 atom stereocenters. The Morgan fingerprint density at radius 1 is 1.22 bits per heavy atom. The van der Waals surface area contributed by atoms with Crippen LogP contribution >= 0.6 is 0 Å². The molecule has 1 aromatic carbocycles. The Morgan fingerprint density at radius 2 is 2.00 bits per heavy atom. The molecule has 0 aliphatic rings. The van der Waals surface area contributed by atoms with Crippen molar-refractivity contribution < 1.29 is 9.18 Å². The molecule has 0 unspecified atom stereocenters. The van der Waals surface area contributed by atoms with Crippen molar-refractivity contribution in [2.45, 2.75) is 19.4 Å². The van der Waals surface area contributed by atoms with Gasteiger partial charge in [-0.1, -0.05) is 12.1 Å². The van der Waals surface area contributed by atoms with Crippen LogP contribution in [0, 0.1) is 5.82 Å². The highest BCUT2D eigenvalue weighted by atomic mass is 19.1. The van der Waals surface area contributed by atoms with Gasteiger partial charge in [0.1, 0.15) is 5.82 Å². The molecule has 2 rings (SSSR count). The zero-order chi connectivity index (χ0) is 12.8. The lowest BCUT2D eigenvalue weighted by molar-refractivity contribution is -0.121. The number of amides is 1. The molecule has 0 saturated heterocycles. The fourth-order valence-corrected chi connectivity index (χ4v) is 1.66. The molecule has 0 aliphatic carbocycles. The van der Waals surface area contributed by atoms with Crippen molar-refractivity contribution in [1.82, 2.24) is 10.3 Å². The first kappa shape index (κ1) is 12.4. The van der Waals surface area contributed by atoms with Crippen molar-refractivity contribution in [3.05, 3.63) is 59.7 Å². The topological polar surface area (TPSA) is 44.9 Å². The lowest BCUT2D eigenvalue weighted by atomic mass is 10.2. The maximum absolute atomic E-state index is 12.7. The van der Waals surface area contributed by atoms with Crippen molar-refractivity contribution in [1.29, 1.82) is 0 Å². The number of aromatic amines is 1. The van der Waals surface area contributed by atoms with E-state index in [1.807, 2.05) is 18.3 Å². The van der Waals surface area contributed by atoms with Gasteiger partial charge in [0.25, 0.3) is 0 Å². The van der Waals surface area contributed by atoms with Crippen LogP contribution in [0.2, 0.25) is 0 Å². The van der Waals surface area contributed by atoms with Gasteiger partial charge in [0.05, 0.1) is 0 Å². The van der Waals surface area contributed by atoms with Crippen LogP contribution in [0.15, 0.2) is 42.6 Å². The quantitative estimate of drug-likeness (QED) is 0.836. The molecule has 0 saturated carbocycles. The summed E-state index contributed by atoms with van der Waals surface area (Å²) in [5.41, 5.74) is 1.94. The van der Waals surface area contributed by atoms with E-state index in [0.29, 0.717) is 19.4 Å². The first-order valence-corrected chi connectivity index (χ1v) is 5.87. The standard InChI is InChI=1S/C14H15FN2O/c15-12-5-3-11(4-6-12)10-17-14(18)8-7-13-2-1-9-16-13/h1-6,9,16H,7-8,10H2,(H,17,18). The largest absolute Gasteiger partial charge is 0.365 e. The molecular weight excluding hydrogens is 231 g/mol. The van der Waals surface area contributed by atoms with Crippen molar-refractivity contribution in [2.24, 2.45) is 0 Å². The fraction of sp³-hybridized carbons (Fsp3) is 0.214. The van der Waals surface area contributed by atoms with Crippen LogP contribution in [0.3, 0.4) is 0 Å². The number of aryl methyl sites for hydroxylation is 1. The van der Waals surface area contributed by atoms with Gasteiger partial charge in [0.15, 0.2) is 0 Å². The highest BCUT2D eigenvalue weighted by Gasteiger charge is 2.02. The number of aromatic nitrogens is 1. The molecule has 0 spiro atoms. The molecule has 2 N–H and O–H groups in total. The van der Waals surface area contributed by atoms with Crippen molar-refractivity contribution >= 4 is 5.91 Å². The lowest BCUT2D eigenvalue weighted by Gasteiger charge is -2.04. The first-order valence-electron chi connectivity index (χ1n) is 5.87. The summed E-state index contributed by atoms with van der Waals surface area (Å²) in [6, 6.07) is 9.97. The number of halogens is 1. The number of benzene rings is 1. The van der Waals surface area contributed by atoms with Gasteiger partial charge >= 0.3 is 0 Å². The number of hydrogen-bond acceptors (Lipinski definition) is 1. The fourth-order valence-electron chi connectivity index (χ4n) is 1.66. The number of carbonyl (C=O) groups excluding carboxylic acids is 1. The number of hydrogen-bond donors (Lipinski definition) is 2. The van der Waals surface area contributed by atoms with Crippen LogP contribution in [0.5, 0.6) is 0 Å². The molecule has 3 nitrogen and oxygen atoms in total. The number of carbonyl (C=O) groups is 1. The average Bonchev–Trinajstić information content (AvgIpc) is 2.89. The third-order valence-electron chi connectivity index (χ3n) is 2.69. The summed E-state index contributed by atoms with van der Waals surface area (Å²) in [7, 11) is 0. The molecule has 18 heavy (non-hydrogen) atoms. The predicted octanol–water partition coefficient (Wildman–Crippen LogP) is 2.40. The molecule has 0 radical (unpaired) electrons. The minimum Gasteiger partial charge on any atom is -0.365 e. The minimum atomic E-state index is -0.267. The van der Waals surface area contributed by atoms with Crippen LogP contribution in [0.25, 0.3) is 0 Å². The van der Waals surface area contributed by atoms with E-state index in [-0.39, 0.29) is 11.7 Å². The molecule has 0 bridgehead atoms. The van der Waals surface area contributed by atoms with Crippen molar-refractivity contribution in [3.63, 3.8) is 0 Å². The summed E-state index contributed by atoms with van der Waals surface area (Å²) >= 11 is 0. The first-order chi connectivity index (χ1) is 8.74. The van der Waals surface area contributed by atoms with E-state index in [2.05, 4.69) is 10.3 Å².